The van der Waals surface area contributed by atoms with Gasteiger partial charge >= 0.3 is 0 Å². The normalized spacial score (nSPS) is 27.0. The van der Waals surface area contributed by atoms with Gasteiger partial charge in [-0.15, -0.1) is 0 Å². The summed E-state index contributed by atoms with van der Waals surface area (Å²) >= 11 is 0. The quantitative estimate of drug-likeness (QED) is 0.482. The van der Waals surface area contributed by atoms with E-state index in [1.54, 1.807) is 37.1 Å². The minimum Gasteiger partial charge on any atom is -0.493 e. The second kappa shape index (κ2) is 10.7. The number of fused-ring (bicyclic) bond motifs is 2. The zero-order valence-electron chi connectivity index (χ0n) is 23.5. The first-order chi connectivity index (χ1) is 19.1. The molecule has 5 rings (SSSR count). The summed E-state index contributed by atoms with van der Waals surface area (Å²) in [5, 5.41) is 14.1. The number of rotatable bonds is 7. The number of aliphatic hydroxyl groups is 1. The average Bonchev–Trinajstić information content (AvgIpc) is 2.94. The smallest absolute Gasteiger partial charge is 0.251 e. The number of nitrogens with two attached hydrogens (primary N) is 1. The van der Waals surface area contributed by atoms with E-state index in [2.05, 4.69) is 5.32 Å². The second-order valence-corrected chi connectivity index (χ2v) is 11.2. The number of carbonyl (C=O) groups excluding carboxylic acids is 2. The summed E-state index contributed by atoms with van der Waals surface area (Å²) < 4.78 is 17.2. The predicted molar refractivity (Wildman–Crippen MR) is 149 cm³/mol. The van der Waals surface area contributed by atoms with E-state index in [1.807, 2.05) is 38.1 Å². The largest absolute Gasteiger partial charge is 0.493 e. The molecule has 0 aliphatic carbocycles. The van der Waals surface area contributed by atoms with Crippen molar-refractivity contribution >= 4 is 17.8 Å². The van der Waals surface area contributed by atoms with E-state index in [1.165, 1.54) is 0 Å². The summed E-state index contributed by atoms with van der Waals surface area (Å²) in [4.78, 5) is 33.6. The maximum atomic E-state index is 13.6. The van der Waals surface area contributed by atoms with Crippen LogP contribution in [0.5, 0.6) is 11.5 Å². The van der Waals surface area contributed by atoms with Crippen molar-refractivity contribution in [2.45, 2.75) is 63.3 Å². The Hall–Kier alpha value is -3.63. The SMILES string of the molecule is CCC1(CC)CC(=O)N([C@@H]2c3cc(C(=O)N[C@@H]4c5ccccc5OC[C@@]4(C)O)ccc3OC[C@@H]2COC)C(N)=N1. The third-order valence-electron chi connectivity index (χ3n) is 8.46. The molecule has 2 aromatic rings. The molecule has 2 aromatic carbocycles. The number of nitrogens with one attached hydrogen (secondary N) is 1. The number of hydrogen-bond acceptors (Lipinski definition) is 8. The van der Waals surface area contributed by atoms with Gasteiger partial charge in [-0.3, -0.25) is 14.5 Å². The highest BCUT2D eigenvalue weighted by Gasteiger charge is 2.45. The number of amides is 2. The molecule has 0 saturated carbocycles. The Labute approximate surface area is 234 Å². The lowest BCUT2D eigenvalue weighted by molar-refractivity contribution is -0.133. The number of carbonyl (C=O) groups is 2. The fourth-order valence-electron chi connectivity index (χ4n) is 6.02. The van der Waals surface area contributed by atoms with Gasteiger partial charge in [0.25, 0.3) is 5.91 Å². The van der Waals surface area contributed by atoms with E-state index in [9.17, 15) is 14.7 Å². The highest BCUT2D eigenvalue weighted by molar-refractivity contribution is 6.00. The Bertz CT molecular complexity index is 1320. The van der Waals surface area contributed by atoms with Crippen LogP contribution in [0.1, 0.15) is 73.6 Å². The Morgan fingerprint density at radius 2 is 1.90 bits per heavy atom. The van der Waals surface area contributed by atoms with Gasteiger partial charge in [0, 0.05) is 29.7 Å². The second-order valence-electron chi connectivity index (χ2n) is 11.2. The molecule has 0 aromatic heterocycles. The number of para-hydroxylation sites is 1. The monoisotopic (exact) mass is 550 g/mol. The van der Waals surface area contributed by atoms with Gasteiger partial charge in [-0.05, 0) is 44.0 Å². The minimum atomic E-state index is -1.32. The average molecular weight is 551 g/mol. The zero-order valence-corrected chi connectivity index (χ0v) is 23.5. The van der Waals surface area contributed by atoms with Crippen LogP contribution in [0.3, 0.4) is 0 Å². The van der Waals surface area contributed by atoms with Crippen LogP contribution in [0.2, 0.25) is 0 Å². The molecule has 3 aliphatic rings. The van der Waals surface area contributed by atoms with Crippen molar-refractivity contribution in [2.24, 2.45) is 16.6 Å². The van der Waals surface area contributed by atoms with Crippen LogP contribution in [-0.4, -0.2) is 65.9 Å². The molecular formula is C30H38N4O6. The van der Waals surface area contributed by atoms with Gasteiger partial charge in [0.15, 0.2) is 5.96 Å². The standard InChI is InChI=1S/C30H38N4O6/c1-5-30(6-2)14-24(35)34(28(31)33-30)25-19(15-38-4)16-39-23-12-11-18(13-21(23)25)27(36)32-26-20-9-7-8-10-22(20)40-17-29(26,3)37/h7-13,19,25-26,37H,5-6,14-17H2,1-4H3,(H2,31,33)(H,32,36)/t19-,25-,26+,29+/m0/s1. The van der Waals surface area contributed by atoms with Crippen LogP contribution < -0.4 is 20.5 Å². The van der Waals surface area contributed by atoms with E-state index >= 15 is 0 Å². The first-order valence-electron chi connectivity index (χ1n) is 13.8. The Kier molecular flexibility index (Phi) is 7.50. The third kappa shape index (κ3) is 4.90. The van der Waals surface area contributed by atoms with Gasteiger partial charge in [0.2, 0.25) is 5.91 Å². The lowest BCUT2D eigenvalue weighted by Crippen LogP contribution is -2.55. The van der Waals surface area contributed by atoms with Gasteiger partial charge in [-0.2, -0.15) is 0 Å². The summed E-state index contributed by atoms with van der Waals surface area (Å²) in [5.74, 6) is 0.644. The molecule has 40 heavy (non-hydrogen) atoms. The van der Waals surface area contributed by atoms with E-state index < -0.39 is 23.2 Å². The van der Waals surface area contributed by atoms with Crippen LogP contribution in [0.25, 0.3) is 0 Å². The molecule has 0 saturated heterocycles. The fourth-order valence-corrected chi connectivity index (χ4v) is 6.02. The number of nitrogens with zero attached hydrogens (tertiary/aromatic N) is 2. The van der Waals surface area contributed by atoms with Gasteiger partial charge in [-0.1, -0.05) is 32.0 Å². The van der Waals surface area contributed by atoms with Crippen molar-refractivity contribution < 1.29 is 28.9 Å². The lowest BCUT2D eigenvalue weighted by atomic mass is 9.84. The third-order valence-corrected chi connectivity index (χ3v) is 8.46. The number of methoxy groups -OCH3 is 1. The highest BCUT2D eigenvalue weighted by atomic mass is 16.5. The minimum absolute atomic E-state index is 0.0421. The number of aliphatic imine (C=N–C) groups is 1. The fraction of sp³-hybridized carbons (Fsp3) is 0.500. The molecule has 4 atom stereocenters. The van der Waals surface area contributed by atoms with E-state index in [0.717, 1.165) is 0 Å². The van der Waals surface area contributed by atoms with E-state index in [0.29, 0.717) is 54.2 Å². The summed E-state index contributed by atoms with van der Waals surface area (Å²) in [6.07, 6.45) is 1.67. The van der Waals surface area contributed by atoms with Gasteiger partial charge in [0.1, 0.15) is 23.7 Å². The molecule has 10 nitrogen and oxygen atoms in total. The summed E-state index contributed by atoms with van der Waals surface area (Å²) in [6, 6.07) is 11.3. The molecule has 0 spiro atoms. The van der Waals surface area contributed by atoms with E-state index in [4.69, 9.17) is 24.9 Å². The first kappa shape index (κ1) is 27.9. The molecule has 4 N–H and O–H groups in total. The highest BCUT2D eigenvalue weighted by Crippen LogP contribution is 2.43. The molecule has 10 heteroatoms. The lowest BCUT2D eigenvalue weighted by Gasteiger charge is -2.44. The number of ether oxygens (including phenoxy) is 3. The van der Waals surface area contributed by atoms with E-state index in [-0.39, 0.29) is 36.7 Å². The molecule has 3 heterocycles. The Balaban J connectivity index is 1.51. The molecule has 0 radical (unpaired) electrons. The molecule has 0 unspecified atom stereocenters. The molecule has 0 fully saturated rings. The van der Waals surface area contributed by atoms with Crippen molar-refractivity contribution in [3.63, 3.8) is 0 Å². The predicted octanol–water partition coefficient (Wildman–Crippen LogP) is 3.10. The van der Waals surface area contributed by atoms with Crippen molar-refractivity contribution in [2.75, 3.05) is 26.9 Å². The topological polar surface area (TPSA) is 136 Å². The molecule has 2 amide bonds. The van der Waals surface area contributed by atoms with Crippen molar-refractivity contribution in [3.8, 4) is 11.5 Å². The van der Waals surface area contributed by atoms with Crippen molar-refractivity contribution in [1.29, 1.82) is 0 Å². The van der Waals surface area contributed by atoms with Crippen molar-refractivity contribution in [3.05, 3.63) is 59.2 Å². The molecule has 214 valence electrons. The van der Waals surface area contributed by atoms with Gasteiger partial charge in [-0.25, -0.2) is 4.99 Å². The van der Waals surface area contributed by atoms with Crippen LogP contribution >= 0.6 is 0 Å². The zero-order chi connectivity index (χ0) is 28.7. The van der Waals surface area contributed by atoms with Gasteiger partial charge < -0.3 is 30.4 Å². The Morgan fingerprint density at radius 3 is 2.60 bits per heavy atom. The van der Waals surface area contributed by atoms with Crippen LogP contribution in [0.4, 0.5) is 0 Å². The number of benzene rings is 2. The maximum absolute atomic E-state index is 13.6. The molecule has 3 aliphatic heterocycles. The number of guanidine groups is 1. The van der Waals surface area contributed by atoms with Crippen LogP contribution in [-0.2, 0) is 9.53 Å². The van der Waals surface area contributed by atoms with Crippen LogP contribution in [0.15, 0.2) is 47.5 Å². The molecule has 0 bridgehead atoms. The summed E-state index contributed by atoms with van der Waals surface area (Å²) in [5.41, 5.74) is 6.39. The number of hydrogen-bond donors (Lipinski definition) is 3. The Morgan fingerprint density at radius 1 is 1.18 bits per heavy atom. The maximum Gasteiger partial charge on any atom is 0.251 e. The summed E-state index contributed by atoms with van der Waals surface area (Å²) in [6.45, 7) is 6.35. The molecular weight excluding hydrogens is 512 g/mol. The van der Waals surface area contributed by atoms with Crippen molar-refractivity contribution in [1.82, 2.24) is 10.2 Å². The summed E-state index contributed by atoms with van der Waals surface area (Å²) in [7, 11) is 1.60. The van der Waals surface area contributed by atoms with Crippen LogP contribution in [0, 0.1) is 5.92 Å². The van der Waals surface area contributed by atoms with Gasteiger partial charge in [0.05, 0.1) is 37.3 Å². The first-order valence-corrected chi connectivity index (χ1v) is 13.8.